The van der Waals surface area contributed by atoms with Crippen molar-refractivity contribution in [3.05, 3.63) is 71.0 Å². The molecule has 0 unspecified atom stereocenters. The van der Waals surface area contributed by atoms with Crippen LogP contribution in [0.4, 0.5) is 0 Å². The Morgan fingerprint density at radius 2 is 1.89 bits per heavy atom. The summed E-state index contributed by atoms with van der Waals surface area (Å²) in [5.41, 5.74) is 2.07. The molecule has 0 atom stereocenters. The highest BCUT2D eigenvalue weighted by Gasteiger charge is 2.23. The van der Waals surface area contributed by atoms with Crippen LogP contribution in [-0.2, 0) is 6.54 Å². The minimum absolute atomic E-state index is 0.0590. The van der Waals surface area contributed by atoms with Crippen LogP contribution in [0.15, 0.2) is 57.8 Å². The number of carbonyl (C=O) groups excluding carboxylic acids is 1. The number of pyridine rings is 1. The van der Waals surface area contributed by atoms with Crippen molar-refractivity contribution in [1.29, 1.82) is 0 Å². The zero-order valence-electron chi connectivity index (χ0n) is 14.7. The van der Waals surface area contributed by atoms with E-state index in [0.717, 1.165) is 5.56 Å². The molecule has 8 nitrogen and oxygen atoms in total. The van der Waals surface area contributed by atoms with Crippen molar-refractivity contribution in [2.24, 2.45) is 0 Å². The molecule has 4 aromatic rings. The van der Waals surface area contributed by atoms with Crippen molar-refractivity contribution in [3.63, 3.8) is 0 Å². The maximum absolute atomic E-state index is 12.7. The Morgan fingerprint density at radius 1 is 1.11 bits per heavy atom. The van der Waals surface area contributed by atoms with Gasteiger partial charge in [-0.15, -0.1) is 0 Å². The second-order valence-corrected chi connectivity index (χ2v) is 6.28. The van der Waals surface area contributed by atoms with Crippen molar-refractivity contribution in [3.8, 4) is 22.6 Å². The predicted molar refractivity (Wildman–Crippen MR) is 100 cm³/mol. The van der Waals surface area contributed by atoms with Crippen LogP contribution < -0.4 is 5.32 Å². The molecule has 0 spiro atoms. The summed E-state index contributed by atoms with van der Waals surface area (Å²) in [6, 6.07) is 10.6. The Bertz CT molecular complexity index is 1120. The van der Waals surface area contributed by atoms with Crippen LogP contribution in [0.3, 0.4) is 0 Å². The Hall–Kier alpha value is -3.52. The summed E-state index contributed by atoms with van der Waals surface area (Å²) in [5.74, 6) is 0.700. The van der Waals surface area contributed by atoms with Gasteiger partial charge in [0.15, 0.2) is 0 Å². The van der Waals surface area contributed by atoms with E-state index in [-0.39, 0.29) is 18.3 Å². The number of halogens is 1. The molecular formula is C19H14ClN5O3. The van der Waals surface area contributed by atoms with E-state index >= 15 is 0 Å². The van der Waals surface area contributed by atoms with E-state index in [9.17, 15) is 4.79 Å². The lowest BCUT2D eigenvalue weighted by Crippen LogP contribution is -2.23. The monoisotopic (exact) mass is 395 g/mol. The molecule has 0 saturated heterocycles. The highest BCUT2D eigenvalue weighted by molar-refractivity contribution is 6.33. The number of nitrogens with one attached hydrogen (secondary N) is 1. The third kappa shape index (κ3) is 3.49. The second kappa shape index (κ2) is 7.61. The van der Waals surface area contributed by atoms with E-state index in [1.54, 1.807) is 49.6 Å². The number of hydrogen-bond acceptors (Lipinski definition) is 7. The van der Waals surface area contributed by atoms with Crippen LogP contribution in [0.2, 0.25) is 5.02 Å². The smallest absolute Gasteiger partial charge is 0.257 e. The van der Waals surface area contributed by atoms with Crippen molar-refractivity contribution in [1.82, 2.24) is 25.6 Å². The predicted octanol–water partition coefficient (Wildman–Crippen LogP) is 3.68. The fourth-order valence-corrected chi connectivity index (χ4v) is 2.89. The largest absolute Gasteiger partial charge is 0.360 e. The van der Waals surface area contributed by atoms with Gasteiger partial charge in [-0.3, -0.25) is 9.78 Å². The summed E-state index contributed by atoms with van der Waals surface area (Å²) in [7, 11) is 0. The summed E-state index contributed by atoms with van der Waals surface area (Å²) in [5, 5.41) is 11.1. The number of rotatable bonds is 5. The van der Waals surface area contributed by atoms with E-state index < -0.39 is 0 Å². The third-order valence-electron chi connectivity index (χ3n) is 4.03. The minimum Gasteiger partial charge on any atom is -0.360 e. The van der Waals surface area contributed by atoms with Gasteiger partial charge in [-0.2, -0.15) is 4.98 Å². The molecule has 9 heteroatoms. The molecule has 1 N–H and O–H groups in total. The quantitative estimate of drug-likeness (QED) is 0.549. The van der Waals surface area contributed by atoms with Crippen LogP contribution in [0.5, 0.6) is 0 Å². The second-order valence-electron chi connectivity index (χ2n) is 5.87. The molecule has 1 aromatic carbocycles. The SMILES string of the molecule is Cc1onc(-c2ccccc2Cl)c1C(=O)NCc1nc(-c2ccncc2)no1. The Kier molecular flexibility index (Phi) is 4.86. The Morgan fingerprint density at radius 3 is 2.68 bits per heavy atom. The Labute approximate surface area is 164 Å². The molecule has 0 fully saturated rings. The first-order chi connectivity index (χ1) is 13.6. The number of benzene rings is 1. The molecule has 3 aromatic heterocycles. The highest BCUT2D eigenvalue weighted by Crippen LogP contribution is 2.30. The lowest BCUT2D eigenvalue weighted by molar-refractivity contribution is 0.0945. The van der Waals surface area contributed by atoms with Gasteiger partial charge in [-0.05, 0) is 25.1 Å². The fraction of sp³-hybridized carbons (Fsp3) is 0.105. The van der Waals surface area contributed by atoms with E-state index in [4.69, 9.17) is 20.6 Å². The molecule has 0 aliphatic rings. The molecule has 4 rings (SSSR count). The van der Waals surface area contributed by atoms with Crippen molar-refractivity contribution < 1.29 is 13.8 Å². The fourth-order valence-electron chi connectivity index (χ4n) is 2.67. The Balaban J connectivity index is 1.52. The highest BCUT2D eigenvalue weighted by atomic mass is 35.5. The zero-order chi connectivity index (χ0) is 19.5. The van der Waals surface area contributed by atoms with E-state index in [2.05, 4.69) is 25.6 Å². The van der Waals surface area contributed by atoms with Gasteiger partial charge in [0.25, 0.3) is 5.91 Å². The summed E-state index contributed by atoms with van der Waals surface area (Å²) < 4.78 is 10.4. The number of hydrogen-bond donors (Lipinski definition) is 1. The normalized spacial score (nSPS) is 10.8. The van der Waals surface area contributed by atoms with Gasteiger partial charge < -0.3 is 14.4 Å². The van der Waals surface area contributed by atoms with Crippen LogP contribution in [0.25, 0.3) is 22.6 Å². The van der Waals surface area contributed by atoms with E-state index in [0.29, 0.717) is 33.4 Å². The van der Waals surface area contributed by atoms with Gasteiger partial charge >= 0.3 is 0 Å². The molecule has 0 radical (unpaired) electrons. The van der Waals surface area contributed by atoms with Crippen LogP contribution >= 0.6 is 11.6 Å². The third-order valence-corrected chi connectivity index (χ3v) is 4.36. The number of carbonyl (C=O) groups is 1. The number of nitrogens with zero attached hydrogens (tertiary/aromatic N) is 4. The molecule has 1 amide bonds. The summed E-state index contributed by atoms with van der Waals surface area (Å²) in [4.78, 5) is 20.9. The lowest BCUT2D eigenvalue weighted by Gasteiger charge is -2.05. The van der Waals surface area contributed by atoms with Gasteiger partial charge in [-0.25, -0.2) is 0 Å². The van der Waals surface area contributed by atoms with Crippen LogP contribution in [0.1, 0.15) is 22.0 Å². The molecule has 140 valence electrons. The summed E-state index contributed by atoms with van der Waals surface area (Å²) in [6.45, 7) is 1.72. The number of aromatic nitrogens is 4. The van der Waals surface area contributed by atoms with E-state index in [1.807, 2.05) is 6.07 Å². The average Bonchev–Trinajstić information content (AvgIpc) is 3.34. The summed E-state index contributed by atoms with van der Waals surface area (Å²) in [6.07, 6.45) is 3.27. The van der Waals surface area contributed by atoms with Gasteiger partial charge in [0, 0.05) is 23.5 Å². The van der Waals surface area contributed by atoms with Gasteiger partial charge in [-0.1, -0.05) is 40.1 Å². The molecular weight excluding hydrogens is 382 g/mol. The van der Waals surface area contributed by atoms with Gasteiger partial charge in [0.05, 0.1) is 11.6 Å². The van der Waals surface area contributed by atoms with E-state index in [1.165, 1.54) is 0 Å². The maximum atomic E-state index is 12.7. The topological polar surface area (TPSA) is 107 Å². The molecule has 0 aliphatic carbocycles. The molecule has 3 heterocycles. The first-order valence-electron chi connectivity index (χ1n) is 8.36. The maximum Gasteiger partial charge on any atom is 0.257 e. The molecule has 28 heavy (non-hydrogen) atoms. The molecule has 0 aliphatic heterocycles. The minimum atomic E-state index is -0.377. The zero-order valence-corrected chi connectivity index (χ0v) is 15.5. The average molecular weight is 396 g/mol. The van der Waals surface area contributed by atoms with Crippen LogP contribution in [0, 0.1) is 6.92 Å². The van der Waals surface area contributed by atoms with Gasteiger partial charge in [0.2, 0.25) is 11.7 Å². The first-order valence-corrected chi connectivity index (χ1v) is 8.73. The molecule has 0 saturated carbocycles. The van der Waals surface area contributed by atoms with Crippen molar-refractivity contribution in [2.45, 2.75) is 13.5 Å². The molecule has 0 bridgehead atoms. The van der Waals surface area contributed by atoms with Crippen molar-refractivity contribution in [2.75, 3.05) is 0 Å². The number of amides is 1. The first kappa shape index (κ1) is 17.9. The summed E-state index contributed by atoms with van der Waals surface area (Å²) >= 11 is 6.23. The number of aryl methyl sites for hydroxylation is 1. The van der Waals surface area contributed by atoms with Crippen molar-refractivity contribution >= 4 is 17.5 Å². The van der Waals surface area contributed by atoms with Gasteiger partial charge in [0.1, 0.15) is 17.0 Å². The standard InChI is InChI=1S/C19H14ClN5O3/c1-11-16(17(24-27-11)13-4-2-3-5-14(13)20)19(26)22-10-15-23-18(25-28-15)12-6-8-21-9-7-12/h2-9H,10H2,1H3,(H,22,26). The van der Waals surface area contributed by atoms with Crippen LogP contribution in [-0.4, -0.2) is 26.2 Å². The lowest BCUT2D eigenvalue weighted by atomic mass is 10.1.